The zero-order chi connectivity index (χ0) is 35.0. The third-order valence-electron chi connectivity index (χ3n) is 8.17. The molecule has 3 N–H and O–H groups in total. The minimum absolute atomic E-state index is 0.175. The van der Waals surface area contributed by atoms with Gasteiger partial charge in [-0.25, -0.2) is 8.42 Å². The average Bonchev–Trinajstić information content (AvgIpc) is 3.40. The molecule has 1 heterocycles. The van der Waals surface area contributed by atoms with Crippen molar-refractivity contribution in [2.75, 3.05) is 24.1 Å². The third-order valence-corrected chi connectivity index (χ3v) is 8.78. The van der Waals surface area contributed by atoms with Crippen LogP contribution in [0.4, 0.5) is 5.69 Å². The lowest BCUT2D eigenvalue weighted by molar-refractivity contribution is -0.147. The number of benzene rings is 4. The highest BCUT2D eigenvalue weighted by atomic mass is 32.2. The topological polar surface area (TPSA) is 127 Å². The zero-order valence-corrected chi connectivity index (χ0v) is 29.2. The van der Waals surface area contributed by atoms with Gasteiger partial charge in [-0.05, 0) is 111 Å². The fraction of sp³-hybridized carbons (Fsp3) is 0.282. The molecular weight excluding hydrogens is 639 g/mol. The molecule has 1 atom stereocenters. The van der Waals surface area contributed by atoms with Gasteiger partial charge in [0.25, 0.3) is 0 Å². The summed E-state index contributed by atoms with van der Waals surface area (Å²) in [6.07, 6.45) is 3.08. The summed E-state index contributed by atoms with van der Waals surface area (Å²) in [5.41, 5.74) is 8.70. The average molecular weight is 682 g/mol. The Morgan fingerprint density at radius 3 is 2.27 bits per heavy atom. The zero-order valence-electron chi connectivity index (χ0n) is 28.3. The van der Waals surface area contributed by atoms with E-state index in [1.54, 1.807) is 30.3 Å². The number of carbonyl (C=O) groups excluding carboxylic acids is 2. The summed E-state index contributed by atoms with van der Waals surface area (Å²) in [7, 11) is -3.42. The van der Waals surface area contributed by atoms with Crippen molar-refractivity contribution in [1.29, 1.82) is 0 Å². The van der Waals surface area contributed by atoms with Crippen LogP contribution in [0.5, 0.6) is 5.75 Å². The van der Waals surface area contributed by atoms with Gasteiger partial charge in [0.1, 0.15) is 12.4 Å². The quantitative estimate of drug-likeness (QED) is 0.0607. The summed E-state index contributed by atoms with van der Waals surface area (Å²) < 4.78 is 36.9. The highest BCUT2D eigenvalue weighted by Gasteiger charge is 2.22. The van der Waals surface area contributed by atoms with Crippen LogP contribution in [0, 0.1) is 13.8 Å². The van der Waals surface area contributed by atoms with Crippen molar-refractivity contribution < 1.29 is 27.5 Å². The normalized spacial score (nSPS) is 12.1. The Kier molecular flexibility index (Phi) is 11.5. The lowest BCUT2D eigenvalue weighted by Crippen LogP contribution is -2.21. The molecule has 0 aliphatic carbocycles. The molecule has 0 amide bonds. The van der Waals surface area contributed by atoms with E-state index < -0.39 is 15.9 Å². The Labute approximate surface area is 288 Å². The third kappa shape index (κ3) is 10.0. The second kappa shape index (κ2) is 16.0. The number of carbonyl (C=O) groups is 2. The van der Waals surface area contributed by atoms with E-state index in [9.17, 15) is 18.0 Å². The van der Waals surface area contributed by atoms with E-state index in [0.717, 1.165) is 51.5 Å². The van der Waals surface area contributed by atoms with Gasteiger partial charge in [0.15, 0.2) is 0 Å². The second-order valence-corrected chi connectivity index (χ2v) is 14.2. The molecule has 0 aliphatic rings. The van der Waals surface area contributed by atoms with Crippen LogP contribution in [0.25, 0.3) is 22.2 Å². The number of hydrogen-bond acceptors (Lipinski definition) is 7. The lowest BCUT2D eigenvalue weighted by Gasteiger charge is -2.17. The number of H-pyrrole nitrogens is 1. The Hall–Kier alpha value is -4.93. The number of aromatic amines is 1. The van der Waals surface area contributed by atoms with Gasteiger partial charge in [-0.3, -0.25) is 14.3 Å². The number of fused-ring (bicyclic) bond motifs is 1. The maximum Gasteiger partial charge on any atom is 0.313 e. The maximum atomic E-state index is 13.4. The van der Waals surface area contributed by atoms with Gasteiger partial charge in [-0.1, -0.05) is 59.7 Å². The molecule has 4 aromatic carbocycles. The molecule has 0 radical (unpaired) electrons. The standard InChI is InChI=1S/C39H43N3O6S/c1-26-21-27(2)23-31(22-26)38-35(36-24-33(48-28(3)43)16-17-37(36)41-38)18-20-40-19-8-11-34(39(44)47-25-29-9-6-5-7-10-29)30-12-14-32(15-13-30)42-49(4,45)46/h5-7,9-10,12-17,21-24,34,40-42H,8,11,18-20,25H2,1-4H3. The number of aryl methyl sites for hydroxylation is 2. The van der Waals surface area contributed by atoms with Gasteiger partial charge in [0, 0.05) is 29.2 Å². The van der Waals surface area contributed by atoms with Gasteiger partial charge in [0.2, 0.25) is 10.0 Å². The van der Waals surface area contributed by atoms with Crippen LogP contribution in [0.1, 0.15) is 53.5 Å². The van der Waals surface area contributed by atoms with Crippen LogP contribution in [-0.2, 0) is 37.4 Å². The molecule has 1 unspecified atom stereocenters. The maximum absolute atomic E-state index is 13.4. The Morgan fingerprint density at radius 2 is 1.59 bits per heavy atom. The number of esters is 2. The Balaban J connectivity index is 1.27. The minimum atomic E-state index is -3.42. The van der Waals surface area contributed by atoms with Crippen molar-refractivity contribution in [3.05, 3.63) is 119 Å². The van der Waals surface area contributed by atoms with Crippen LogP contribution in [0.3, 0.4) is 0 Å². The Morgan fingerprint density at radius 1 is 0.878 bits per heavy atom. The van der Waals surface area contributed by atoms with Crippen LogP contribution in [0.2, 0.25) is 0 Å². The van der Waals surface area contributed by atoms with E-state index in [0.29, 0.717) is 37.4 Å². The number of rotatable bonds is 15. The molecule has 0 fully saturated rings. The van der Waals surface area contributed by atoms with Gasteiger partial charge in [-0.15, -0.1) is 0 Å². The van der Waals surface area contributed by atoms with E-state index in [1.807, 2.05) is 42.5 Å². The molecule has 0 bridgehead atoms. The molecule has 1 aromatic heterocycles. The first-order valence-corrected chi connectivity index (χ1v) is 18.2. The fourth-order valence-electron chi connectivity index (χ4n) is 6.10. The Bertz CT molecular complexity index is 2000. The molecule has 10 heteroatoms. The highest BCUT2D eigenvalue weighted by molar-refractivity contribution is 7.92. The molecule has 0 saturated carbocycles. The van der Waals surface area contributed by atoms with E-state index >= 15 is 0 Å². The van der Waals surface area contributed by atoms with E-state index in [1.165, 1.54) is 18.1 Å². The second-order valence-electron chi connectivity index (χ2n) is 12.4. The first-order chi connectivity index (χ1) is 23.4. The molecule has 256 valence electrons. The number of sulfonamides is 1. The van der Waals surface area contributed by atoms with Gasteiger partial charge >= 0.3 is 11.9 Å². The smallest absolute Gasteiger partial charge is 0.313 e. The SMILES string of the molecule is CC(=O)Oc1ccc2[nH]c(-c3cc(C)cc(C)c3)c(CCNCCCC(C(=O)OCc3ccccc3)c3ccc(NS(C)(=O)=O)cc3)c2c1. The van der Waals surface area contributed by atoms with E-state index in [2.05, 4.69) is 47.1 Å². The molecule has 5 aromatic rings. The van der Waals surface area contributed by atoms with Crippen molar-refractivity contribution in [2.45, 2.75) is 52.6 Å². The molecule has 0 saturated heterocycles. The lowest BCUT2D eigenvalue weighted by atomic mass is 9.94. The first-order valence-electron chi connectivity index (χ1n) is 16.4. The molecule has 5 rings (SSSR count). The van der Waals surface area contributed by atoms with Crippen molar-refractivity contribution >= 4 is 38.6 Å². The summed E-state index contributed by atoms with van der Waals surface area (Å²) >= 11 is 0. The summed E-state index contributed by atoms with van der Waals surface area (Å²) in [6, 6.07) is 28.5. The number of anilines is 1. The monoisotopic (exact) mass is 681 g/mol. The van der Waals surface area contributed by atoms with E-state index in [4.69, 9.17) is 9.47 Å². The predicted molar refractivity (Wildman–Crippen MR) is 194 cm³/mol. The van der Waals surface area contributed by atoms with Gasteiger partial charge in [-0.2, -0.15) is 0 Å². The molecule has 49 heavy (non-hydrogen) atoms. The van der Waals surface area contributed by atoms with Gasteiger partial charge in [0.05, 0.1) is 12.2 Å². The highest BCUT2D eigenvalue weighted by Crippen LogP contribution is 2.34. The minimum Gasteiger partial charge on any atom is -0.460 e. The van der Waals surface area contributed by atoms with Gasteiger partial charge < -0.3 is 19.8 Å². The van der Waals surface area contributed by atoms with Crippen LogP contribution in [0.15, 0.2) is 91.0 Å². The number of aromatic nitrogens is 1. The molecule has 9 nitrogen and oxygen atoms in total. The number of hydrogen-bond donors (Lipinski definition) is 3. The molecule has 0 spiro atoms. The summed E-state index contributed by atoms with van der Waals surface area (Å²) in [5.74, 6) is -0.697. The van der Waals surface area contributed by atoms with Crippen molar-refractivity contribution in [3.63, 3.8) is 0 Å². The number of nitrogens with one attached hydrogen (secondary N) is 3. The van der Waals surface area contributed by atoms with Crippen molar-refractivity contribution in [2.24, 2.45) is 0 Å². The van der Waals surface area contributed by atoms with Crippen molar-refractivity contribution in [1.82, 2.24) is 10.3 Å². The van der Waals surface area contributed by atoms with Crippen LogP contribution >= 0.6 is 0 Å². The first kappa shape index (κ1) is 35.4. The molecule has 0 aliphatic heterocycles. The van der Waals surface area contributed by atoms with Crippen LogP contribution < -0.4 is 14.8 Å². The van der Waals surface area contributed by atoms with Crippen molar-refractivity contribution in [3.8, 4) is 17.0 Å². The predicted octanol–water partition coefficient (Wildman–Crippen LogP) is 7.19. The summed E-state index contributed by atoms with van der Waals surface area (Å²) in [5, 5.41) is 4.55. The molecular formula is C39H43N3O6S. The summed E-state index contributed by atoms with van der Waals surface area (Å²) in [4.78, 5) is 28.6. The largest absolute Gasteiger partial charge is 0.460 e. The number of ether oxygens (including phenoxy) is 2. The fourth-order valence-corrected chi connectivity index (χ4v) is 6.66. The van der Waals surface area contributed by atoms with E-state index in [-0.39, 0.29) is 18.5 Å². The van der Waals surface area contributed by atoms with Crippen LogP contribution in [-0.4, -0.2) is 44.7 Å². The summed E-state index contributed by atoms with van der Waals surface area (Å²) in [6.45, 7) is 7.11.